The van der Waals surface area contributed by atoms with E-state index in [0.29, 0.717) is 22.7 Å². The Morgan fingerprint density at radius 2 is 1.83 bits per heavy atom. The van der Waals surface area contributed by atoms with Gasteiger partial charge in [0, 0.05) is 23.3 Å². The molecule has 0 bridgehead atoms. The van der Waals surface area contributed by atoms with Gasteiger partial charge in [0.25, 0.3) is 11.8 Å². The van der Waals surface area contributed by atoms with E-state index in [2.05, 4.69) is 15.4 Å². The Balaban J connectivity index is 1.54. The van der Waals surface area contributed by atoms with Crippen molar-refractivity contribution in [2.24, 2.45) is 5.73 Å². The number of aromatic nitrogens is 3. The summed E-state index contributed by atoms with van der Waals surface area (Å²) < 4.78 is 6.76. The average Bonchev–Trinajstić information content (AvgIpc) is 3.24. The van der Waals surface area contributed by atoms with Crippen molar-refractivity contribution in [3.8, 4) is 11.4 Å². The van der Waals surface area contributed by atoms with Gasteiger partial charge >= 0.3 is 0 Å². The second kappa shape index (κ2) is 7.67. The molecular weight excluding hydrogens is 382 g/mol. The van der Waals surface area contributed by atoms with E-state index >= 15 is 0 Å². The normalized spacial score (nSPS) is 10.7. The molecule has 0 saturated heterocycles. The highest BCUT2D eigenvalue weighted by Crippen LogP contribution is 2.22. The molecule has 0 aliphatic heterocycles. The molecule has 2 amide bonds. The quantitative estimate of drug-likeness (QED) is 0.534. The van der Waals surface area contributed by atoms with Crippen molar-refractivity contribution in [2.75, 3.05) is 12.4 Å². The zero-order valence-electron chi connectivity index (χ0n) is 16.4. The standard InChI is InChI=1S/C22H19N5O3/c1-13-18(11-14-3-8-17(30-2)12-20(14)24-13)22(29)25-15-4-6-16(7-5-15)27-10-9-19(26-27)21(23)28/h3-12H,1-2H3,(H2,23,28)(H,25,29). The molecule has 8 nitrogen and oxygen atoms in total. The molecule has 150 valence electrons. The molecule has 2 heterocycles. The Hall–Kier alpha value is -4.20. The molecule has 3 N–H and O–H groups in total. The van der Waals surface area contributed by atoms with Crippen molar-refractivity contribution in [3.63, 3.8) is 0 Å². The third kappa shape index (κ3) is 3.70. The minimum absolute atomic E-state index is 0.185. The van der Waals surface area contributed by atoms with Crippen molar-refractivity contribution in [2.45, 2.75) is 6.92 Å². The summed E-state index contributed by atoms with van der Waals surface area (Å²) in [5.41, 5.74) is 8.66. The van der Waals surface area contributed by atoms with Crippen molar-refractivity contribution >= 4 is 28.4 Å². The topological polar surface area (TPSA) is 112 Å². The van der Waals surface area contributed by atoms with Crippen LogP contribution in [-0.4, -0.2) is 33.7 Å². The summed E-state index contributed by atoms with van der Waals surface area (Å²) in [6.45, 7) is 1.80. The lowest BCUT2D eigenvalue weighted by Gasteiger charge is -2.10. The lowest BCUT2D eigenvalue weighted by molar-refractivity contribution is 0.0992. The highest BCUT2D eigenvalue weighted by Gasteiger charge is 2.13. The molecule has 0 unspecified atom stereocenters. The monoisotopic (exact) mass is 401 g/mol. The van der Waals surface area contributed by atoms with E-state index in [4.69, 9.17) is 10.5 Å². The predicted octanol–water partition coefficient (Wildman–Crippen LogP) is 3.09. The molecular formula is C22H19N5O3. The first-order valence-corrected chi connectivity index (χ1v) is 9.17. The van der Waals surface area contributed by atoms with Crippen LogP contribution in [0.25, 0.3) is 16.6 Å². The van der Waals surface area contributed by atoms with Gasteiger partial charge in [-0.25, -0.2) is 4.68 Å². The molecule has 4 aromatic rings. The van der Waals surface area contributed by atoms with E-state index in [1.54, 1.807) is 50.6 Å². The first kappa shape index (κ1) is 19.1. The number of ether oxygens (including phenoxy) is 1. The zero-order valence-corrected chi connectivity index (χ0v) is 16.4. The molecule has 0 aliphatic rings. The van der Waals surface area contributed by atoms with Gasteiger partial charge in [0.05, 0.1) is 29.6 Å². The van der Waals surface area contributed by atoms with Gasteiger partial charge in [-0.3, -0.25) is 14.6 Å². The Bertz CT molecular complexity index is 1260. The van der Waals surface area contributed by atoms with Gasteiger partial charge in [0.1, 0.15) is 11.4 Å². The van der Waals surface area contributed by atoms with Crippen molar-refractivity contribution in [3.05, 3.63) is 77.7 Å². The van der Waals surface area contributed by atoms with Crippen LogP contribution in [0.4, 0.5) is 5.69 Å². The number of hydrogen-bond donors (Lipinski definition) is 2. The summed E-state index contributed by atoms with van der Waals surface area (Å²) in [7, 11) is 1.60. The molecule has 0 radical (unpaired) electrons. The number of carbonyl (C=O) groups excluding carboxylic acids is 2. The summed E-state index contributed by atoms with van der Waals surface area (Å²) in [6, 6.07) is 16.0. The molecule has 2 aromatic carbocycles. The first-order chi connectivity index (χ1) is 14.4. The molecule has 8 heteroatoms. The van der Waals surface area contributed by atoms with Crippen molar-refractivity contribution < 1.29 is 14.3 Å². The number of nitrogens with one attached hydrogen (secondary N) is 1. The predicted molar refractivity (Wildman–Crippen MR) is 113 cm³/mol. The van der Waals surface area contributed by atoms with Gasteiger partial charge in [-0.2, -0.15) is 5.10 Å². The molecule has 4 rings (SSSR count). The third-order valence-electron chi connectivity index (χ3n) is 4.69. The Morgan fingerprint density at radius 3 is 2.50 bits per heavy atom. The van der Waals surface area contributed by atoms with E-state index in [-0.39, 0.29) is 11.6 Å². The van der Waals surface area contributed by atoms with E-state index in [1.165, 1.54) is 4.68 Å². The number of amides is 2. The number of pyridine rings is 1. The van der Waals surface area contributed by atoms with Crippen LogP contribution in [0.3, 0.4) is 0 Å². The van der Waals surface area contributed by atoms with Crippen LogP contribution < -0.4 is 15.8 Å². The zero-order chi connectivity index (χ0) is 21.3. The highest BCUT2D eigenvalue weighted by atomic mass is 16.5. The van der Waals surface area contributed by atoms with Gasteiger partial charge in [0.2, 0.25) is 0 Å². The SMILES string of the molecule is COc1ccc2cc(C(=O)Nc3ccc(-n4ccc(C(N)=O)n4)cc3)c(C)nc2c1. The van der Waals surface area contributed by atoms with E-state index in [0.717, 1.165) is 16.6 Å². The third-order valence-corrected chi connectivity index (χ3v) is 4.69. The van der Waals surface area contributed by atoms with Gasteiger partial charge in [-0.15, -0.1) is 0 Å². The van der Waals surface area contributed by atoms with Crippen LogP contribution in [-0.2, 0) is 0 Å². The fourth-order valence-corrected chi connectivity index (χ4v) is 3.10. The van der Waals surface area contributed by atoms with Crippen LogP contribution in [0.15, 0.2) is 60.8 Å². The lowest BCUT2D eigenvalue weighted by Crippen LogP contribution is -2.14. The van der Waals surface area contributed by atoms with Crippen LogP contribution in [0.5, 0.6) is 5.75 Å². The van der Waals surface area contributed by atoms with Crippen LogP contribution in [0, 0.1) is 6.92 Å². The molecule has 30 heavy (non-hydrogen) atoms. The van der Waals surface area contributed by atoms with Crippen molar-refractivity contribution in [1.29, 1.82) is 0 Å². The first-order valence-electron chi connectivity index (χ1n) is 9.17. The van der Waals surface area contributed by atoms with E-state index in [1.807, 2.05) is 24.3 Å². The lowest BCUT2D eigenvalue weighted by atomic mass is 10.1. The largest absolute Gasteiger partial charge is 0.497 e. The van der Waals surface area contributed by atoms with Crippen LogP contribution >= 0.6 is 0 Å². The molecule has 0 aliphatic carbocycles. The number of nitrogens with two attached hydrogens (primary N) is 1. The van der Waals surface area contributed by atoms with Crippen LogP contribution in [0.2, 0.25) is 0 Å². The summed E-state index contributed by atoms with van der Waals surface area (Å²) in [6.07, 6.45) is 1.65. The second-order valence-electron chi connectivity index (χ2n) is 6.69. The maximum atomic E-state index is 12.8. The Kier molecular flexibility index (Phi) is 4.89. The fourth-order valence-electron chi connectivity index (χ4n) is 3.10. The fraction of sp³-hybridized carbons (Fsp3) is 0.0909. The molecule has 0 saturated carbocycles. The van der Waals surface area contributed by atoms with Crippen LogP contribution in [0.1, 0.15) is 26.5 Å². The summed E-state index contributed by atoms with van der Waals surface area (Å²) in [4.78, 5) is 28.5. The highest BCUT2D eigenvalue weighted by molar-refractivity contribution is 6.06. The number of hydrogen-bond acceptors (Lipinski definition) is 5. The summed E-state index contributed by atoms with van der Waals surface area (Å²) in [5, 5.41) is 7.84. The molecule has 0 atom stereocenters. The summed E-state index contributed by atoms with van der Waals surface area (Å²) >= 11 is 0. The molecule has 0 fully saturated rings. The number of aryl methyl sites for hydroxylation is 1. The number of fused-ring (bicyclic) bond motifs is 1. The molecule has 0 spiro atoms. The number of primary amides is 1. The number of anilines is 1. The second-order valence-corrected chi connectivity index (χ2v) is 6.69. The van der Waals surface area contributed by atoms with Gasteiger partial charge in [0.15, 0.2) is 0 Å². The Labute approximate surface area is 172 Å². The summed E-state index contributed by atoms with van der Waals surface area (Å²) in [5.74, 6) is -0.122. The van der Waals surface area contributed by atoms with Gasteiger partial charge < -0.3 is 15.8 Å². The smallest absolute Gasteiger partial charge is 0.269 e. The molecule has 2 aromatic heterocycles. The number of methoxy groups -OCH3 is 1. The van der Waals surface area contributed by atoms with E-state index < -0.39 is 5.91 Å². The average molecular weight is 401 g/mol. The maximum Gasteiger partial charge on any atom is 0.269 e. The number of rotatable bonds is 5. The van der Waals surface area contributed by atoms with Crippen molar-refractivity contribution in [1.82, 2.24) is 14.8 Å². The Morgan fingerprint density at radius 1 is 1.07 bits per heavy atom. The van der Waals surface area contributed by atoms with E-state index in [9.17, 15) is 9.59 Å². The number of carbonyl (C=O) groups is 2. The minimum atomic E-state index is -0.588. The van der Waals surface area contributed by atoms with Gasteiger partial charge in [-0.1, -0.05) is 0 Å². The number of benzene rings is 2. The van der Waals surface area contributed by atoms with Gasteiger partial charge in [-0.05, 0) is 55.5 Å². The minimum Gasteiger partial charge on any atom is -0.497 e. The maximum absolute atomic E-state index is 12.8. The number of nitrogens with zero attached hydrogens (tertiary/aromatic N) is 3.